The molecule has 8 rings (SSSR count). The zero-order chi connectivity index (χ0) is 38.7. The van der Waals surface area contributed by atoms with Crippen molar-refractivity contribution in [2.24, 2.45) is 9.98 Å². The summed E-state index contributed by atoms with van der Waals surface area (Å²) in [5, 5.41) is 20.9. The number of hydrogen-bond acceptors (Lipinski definition) is 12. The first-order valence-corrected chi connectivity index (χ1v) is 19.6. The smallest absolute Gasteiger partial charge is 0.308 e. The van der Waals surface area contributed by atoms with Crippen molar-refractivity contribution < 1.29 is 19.1 Å². The van der Waals surface area contributed by atoms with Gasteiger partial charge in [0.25, 0.3) is 0 Å². The number of rotatable bonds is 8. The number of carbonyl (C=O) groups is 2. The van der Waals surface area contributed by atoms with Crippen LogP contribution < -0.4 is 9.55 Å². The van der Waals surface area contributed by atoms with Gasteiger partial charge in [0.1, 0.15) is 33.7 Å². The van der Waals surface area contributed by atoms with Crippen LogP contribution in [0.4, 0.5) is 0 Å². The van der Waals surface area contributed by atoms with E-state index in [4.69, 9.17) is 42.7 Å². The van der Waals surface area contributed by atoms with Crippen LogP contribution in [0.15, 0.2) is 58.5 Å². The average molecular weight is 811 g/mol. The molecule has 2 aromatic carbocycles. The number of hydrogen-bond donors (Lipinski definition) is 0. The Morgan fingerprint density at radius 2 is 1.04 bits per heavy atom. The minimum Gasteiger partial charge on any atom is -0.469 e. The van der Waals surface area contributed by atoms with Gasteiger partial charge in [-0.2, -0.15) is 0 Å². The van der Waals surface area contributed by atoms with E-state index < -0.39 is 24.0 Å². The minimum absolute atomic E-state index is 0.00113. The highest BCUT2D eigenvalue weighted by molar-refractivity contribution is 7.31. The first-order valence-electron chi connectivity index (χ1n) is 17.2. The van der Waals surface area contributed by atoms with Crippen molar-refractivity contribution >= 4 is 86.1 Å². The van der Waals surface area contributed by atoms with Gasteiger partial charge in [-0.05, 0) is 72.6 Å². The zero-order valence-corrected chi connectivity index (χ0v) is 33.7. The van der Waals surface area contributed by atoms with Gasteiger partial charge < -0.3 is 9.47 Å². The highest BCUT2D eigenvalue weighted by atomic mass is 35.5. The molecule has 0 N–H and O–H groups in total. The maximum atomic E-state index is 12.6. The normalized spacial score (nSPS) is 15.8. The first kappa shape index (κ1) is 37.0. The van der Waals surface area contributed by atoms with Crippen LogP contribution in [0.25, 0.3) is 10.0 Å². The number of fused-ring (bicyclic) bond motifs is 6. The molecular formula is C38H32BCl2N8O4S2. The summed E-state index contributed by atoms with van der Waals surface area (Å²) in [6.45, 7) is 7.96. The summed E-state index contributed by atoms with van der Waals surface area (Å²) in [5.74, 6) is 1.66. The van der Waals surface area contributed by atoms with Crippen molar-refractivity contribution in [2.45, 2.75) is 52.6 Å². The Labute approximate surface area is 335 Å². The molecule has 0 saturated carbocycles. The maximum Gasteiger partial charge on any atom is 0.308 e. The van der Waals surface area contributed by atoms with Crippen LogP contribution in [-0.2, 0) is 19.1 Å². The Balaban J connectivity index is 1.30. The van der Waals surface area contributed by atoms with Gasteiger partial charge in [-0.15, -0.1) is 43.1 Å². The summed E-state index contributed by atoms with van der Waals surface area (Å²) in [6, 6.07) is 13.8. The second kappa shape index (κ2) is 14.6. The Morgan fingerprint density at radius 3 is 1.40 bits per heavy atom. The summed E-state index contributed by atoms with van der Waals surface area (Å²) in [4.78, 5) is 35.7. The van der Waals surface area contributed by atoms with Gasteiger partial charge in [-0.25, -0.2) is 0 Å². The predicted octanol–water partition coefficient (Wildman–Crippen LogP) is 6.08. The molecule has 6 aromatic rings. The number of halogens is 2. The Kier molecular flexibility index (Phi) is 9.82. The quantitative estimate of drug-likeness (QED) is 0.133. The number of aromatic nitrogens is 6. The molecule has 277 valence electrons. The van der Waals surface area contributed by atoms with Gasteiger partial charge in [-0.3, -0.25) is 28.7 Å². The van der Waals surface area contributed by atoms with Gasteiger partial charge in [0.2, 0.25) is 7.28 Å². The number of aliphatic imine (C=N–C) groups is 2. The third kappa shape index (κ3) is 6.52. The molecule has 0 bridgehead atoms. The van der Waals surface area contributed by atoms with Crippen molar-refractivity contribution in [2.75, 3.05) is 14.2 Å². The van der Waals surface area contributed by atoms with Crippen LogP contribution in [0, 0.1) is 27.7 Å². The third-order valence-corrected chi connectivity index (χ3v) is 12.7. The molecule has 2 aliphatic heterocycles. The molecule has 2 aliphatic rings. The minimum atomic E-state index is -0.629. The molecule has 0 amide bonds. The van der Waals surface area contributed by atoms with Crippen LogP contribution >= 0.6 is 45.9 Å². The van der Waals surface area contributed by atoms with Gasteiger partial charge in [0, 0.05) is 32.3 Å². The lowest BCUT2D eigenvalue weighted by Crippen LogP contribution is -2.27. The lowest BCUT2D eigenvalue weighted by molar-refractivity contribution is -0.142. The molecule has 6 heterocycles. The number of esters is 2. The van der Waals surface area contributed by atoms with Gasteiger partial charge >= 0.3 is 11.9 Å². The van der Waals surface area contributed by atoms with Gasteiger partial charge in [0.15, 0.2) is 11.6 Å². The first-order chi connectivity index (χ1) is 26.5. The number of carbonyl (C=O) groups excluding carboxylic acids is 2. The SMILES string of the molecule is COC(=O)CC1N=C(c2ccc(Cl)cc2)c2c(sc([B]c3sc4c(c3C)C(c3ccc(Cl)cc3)=NC(CC(=O)OC)c3nnc(C)n3-4)c2C)-n2c(C)nnc21. The fourth-order valence-corrected chi connectivity index (χ4v) is 9.90. The zero-order valence-electron chi connectivity index (χ0n) is 30.5. The summed E-state index contributed by atoms with van der Waals surface area (Å²) < 4.78 is 16.1. The van der Waals surface area contributed by atoms with E-state index in [1.165, 1.54) is 14.2 Å². The number of benzene rings is 2. The number of nitrogens with zero attached hydrogens (tertiary/aromatic N) is 8. The lowest BCUT2D eigenvalue weighted by Gasteiger charge is -2.12. The fraction of sp³-hybridized carbons (Fsp3) is 0.263. The molecule has 0 spiro atoms. The molecule has 0 aliphatic carbocycles. The fourth-order valence-electron chi connectivity index (χ4n) is 6.95. The number of thiophene rings is 2. The van der Waals surface area contributed by atoms with E-state index in [0.29, 0.717) is 33.3 Å². The van der Waals surface area contributed by atoms with Crippen LogP contribution in [0.1, 0.15) is 81.6 Å². The Morgan fingerprint density at radius 1 is 0.655 bits per heavy atom. The summed E-state index contributed by atoms with van der Waals surface area (Å²) in [7, 11) is 4.92. The van der Waals surface area contributed by atoms with Gasteiger partial charge in [-0.1, -0.05) is 47.5 Å². The molecule has 0 saturated heterocycles. The standard InChI is InChI=1S/C38H32BCl2N8O4S2/c1-17-29-31(21-7-11-23(40)12-8-21)42-25(15-27(50)52-5)35-46-44-19(3)48(35)37(29)54-33(17)39-34-18(2)30-32(22-9-13-24(41)14-10-22)43-26(16-28(51)53-6)36-47-45-20(4)49(36)38(30)55-34/h7-14,25-26H,15-16H2,1-6H3. The molecule has 1 radical (unpaired) electrons. The van der Waals surface area contributed by atoms with Crippen LogP contribution in [0.3, 0.4) is 0 Å². The third-order valence-electron chi connectivity index (χ3n) is 9.75. The van der Waals surface area contributed by atoms with Crippen molar-refractivity contribution in [3.63, 3.8) is 0 Å². The van der Waals surface area contributed by atoms with Crippen molar-refractivity contribution in [1.82, 2.24) is 29.5 Å². The number of aryl methyl sites for hydroxylation is 2. The van der Waals surface area contributed by atoms with Crippen molar-refractivity contribution in [1.29, 1.82) is 0 Å². The van der Waals surface area contributed by atoms with E-state index in [1.54, 1.807) is 22.7 Å². The molecule has 2 unspecified atom stereocenters. The molecule has 4 aromatic heterocycles. The molecule has 17 heteroatoms. The summed E-state index contributed by atoms with van der Waals surface area (Å²) >= 11 is 15.9. The van der Waals surface area contributed by atoms with Crippen LogP contribution in [-0.4, -0.2) is 74.4 Å². The van der Waals surface area contributed by atoms with E-state index in [9.17, 15) is 9.59 Å². The van der Waals surface area contributed by atoms with E-state index in [2.05, 4.69) is 41.5 Å². The molecule has 55 heavy (non-hydrogen) atoms. The second-order valence-corrected chi connectivity index (χ2v) is 16.1. The van der Waals surface area contributed by atoms with Crippen molar-refractivity contribution in [3.05, 3.63) is 115 Å². The monoisotopic (exact) mass is 809 g/mol. The Bertz CT molecular complexity index is 2400. The highest BCUT2D eigenvalue weighted by Gasteiger charge is 2.36. The van der Waals surface area contributed by atoms with E-state index in [0.717, 1.165) is 64.4 Å². The predicted molar refractivity (Wildman–Crippen MR) is 215 cm³/mol. The van der Waals surface area contributed by atoms with E-state index in [-0.39, 0.29) is 12.8 Å². The van der Waals surface area contributed by atoms with Gasteiger partial charge in [0.05, 0.1) is 38.5 Å². The van der Waals surface area contributed by atoms with E-state index >= 15 is 0 Å². The lowest BCUT2D eigenvalue weighted by atomic mass is 9.70. The van der Waals surface area contributed by atoms with E-state index in [1.807, 2.05) is 71.5 Å². The molecule has 2 atom stereocenters. The summed E-state index contributed by atoms with van der Waals surface area (Å²) in [5.41, 5.74) is 6.97. The highest BCUT2D eigenvalue weighted by Crippen LogP contribution is 2.39. The van der Waals surface area contributed by atoms with Crippen molar-refractivity contribution in [3.8, 4) is 10.0 Å². The maximum absolute atomic E-state index is 12.6. The number of ether oxygens (including phenoxy) is 2. The Hall–Kier alpha value is -4.96. The largest absolute Gasteiger partial charge is 0.469 e. The van der Waals surface area contributed by atoms with Crippen LogP contribution in [0.5, 0.6) is 0 Å². The second-order valence-electron chi connectivity index (χ2n) is 13.1. The molecule has 0 fully saturated rings. The summed E-state index contributed by atoms with van der Waals surface area (Å²) in [6.07, 6.45) is 0.00227. The average Bonchev–Trinajstić information content (AvgIpc) is 3.88. The van der Waals surface area contributed by atoms with Crippen LogP contribution in [0.2, 0.25) is 10.0 Å². The molecule has 12 nitrogen and oxygen atoms in total. The topological polar surface area (TPSA) is 139 Å². The number of methoxy groups -OCH3 is 2. The molecular weight excluding hydrogens is 778 g/mol.